The molecule has 0 aliphatic heterocycles. The van der Waals surface area contributed by atoms with Gasteiger partial charge in [-0.2, -0.15) is 5.26 Å². The van der Waals surface area contributed by atoms with E-state index >= 15 is 0 Å². The number of thiocyanates is 1. The van der Waals surface area contributed by atoms with Crippen molar-refractivity contribution in [3.8, 4) is 5.40 Å². The third kappa shape index (κ3) is 3.35. The Morgan fingerprint density at radius 3 is 2.71 bits per heavy atom. The summed E-state index contributed by atoms with van der Waals surface area (Å²) in [6.07, 6.45) is 1.47. The Labute approximate surface area is 85.7 Å². The fourth-order valence-corrected chi connectivity index (χ4v) is 1.47. The van der Waals surface area contributed by atoms with Gasteiger partial charge in [0.15, 0.2) is 11.6 Å². The Hall–Kier alpha value is -1.08. The summed E-state index contributed by atoms with van der Waals surface area (Å²) in [6.45, 7) is 0. The van der Waals surface area contributed by atoms with Crippen LogP contribution in [0.5, 0.6) is 0 Å². The lowest BCUT2D eigenvalue weighted by Crippen LogP contribution is -1.91. The van der Waals surface area contributed by atoms with E-state index in [4.69, 9.17) is 5.26 Å². The Bertz CT molecular complexity index is 346. The van der Waals surface area contributed by atoms with Crippen LogP contribution in [0.1, 0.15) is 12.0 Å². The van der Waals surface area contributed by atoms with Gasteiger partial charge in [-0.1, -0.05) is 6.07 Å². The molecule has 0 saturated carbocycles. The maximum absolute atomic E-state index is 12.7. The molecule has 0 spiro atoms. The monoisotopic (exact) mass is 213 g/mol. The summed E-state index contributed by atoms with van der Waals surface area (Å²) in [5, 5.41) is 10.2. The number of nitriles is 1. The van der Waals surface area contributed by atoms with Gasteiger partial charge in [0.25, 0.3) is 0 Å². The number of thioether (sulfide) groups is 1. The minimum atomic E-state index is -0.819. The number of hydrogen-bond acceptors (Lipinski definition) is 2. The first-order valence-electron chi connectivity index (χ1n) is 4.19. The van der Waals surface area contributed by atoms with Gasteiger partial charge >= 0.3 is 0 Å². The number of nitrogens with zero attached hydrogens (tertiary/aromatic N) is 1. The Kier molecular flexibility index (Phi) is 4.41. The zero-order chi connectivity index (χ0) is 10.4. The molecule has 1 rings (SSSR count). The Morgan fingerprint density at radius 1 is 1.29 bits per heavy atom. The number of benzene rings is 1. The highest BCUT2D eigenvalue weighted by Gasteiger charge is 2.01. The second-order valence-electron chi connectivity index (χ2n) is 2.79. The quantitative estimate of drug-likeness (QED) is 0.566. The van der Waals surface area contributed by atoms with Crippen LogP contribution in [-0.4, -0.2) is 5.75 Å². The van der Waals surface area contributed by atoms with Crippen molar-refractivity contribution in [2.45, 2.75) is 12.8 Å². The molecule has 4 heteroatoms. The van der Waals surface area contributed by atoms with Crippen molar-refractivity contribution >= 4 is 11.8 Å². The van der Waals surface area contributed by atoms with Crippen molar-refractivity contribution in [2.75, 3.05) is 5.75 Å². The first-order valence-corrected chi connectivity index (χ1v) is 5.17. The number of hydrogen-bond donors (Lipinski definition) is 0. The number of aryl methyl sites for hydroxylation is 1. The van der Waals surface area contributed by atoms with Gasteiger partial charge in [0.2, 0.25) is 0 Å². The van der Waals surface area contributed by atoms with Gasteiger partial charge in [0.1, 0.15) is 5.40 Å². The number of halogens is 2. The van der Waals surface area contributed by atoms with Crippen LogP contribution in [0.15, 0.2) is 18.2 Å². The molecular formula is C10H9F2NS. The average molecular weight is 213 g/mol. The summed E-state index contributed by atoms with van der Waals surface area (Å²) in [5.74, 6) is -0.911. The second-order valence-corrected chi connectivity index (χ2v) is 3.67. The molecule has 0 fully saturated rings. The van der Waals surface area contributed by atoms with E-state index in [1.807, 2.05) is 5.40 Å². The standard InChI is InChI=1S/C10H9F2NS/c11-9-4-3-8(6-10(9)12)2-1-5-14-7-13/h3-4,6H,1-2,5H2. The third-order valence-corrected chi connectivity index (χ3v) is 2.38. The van der Waals surface area contributed by atoms with E-state index in [-0.39, 0.29) is 0 Å². The van der Waals surface area contributed by atoms with Crippen LogP contribution in [0.25, 0.3) is 0 Å². The fourth-order valence-electron chi connectivity index (χ4n) is 1.09. The predicted molar refractivity (Wildman–Crippen MR) is 52.8 cm³/mol. The highest BCUT2D eigenvalue weighted by Crippen LogP contribution is 2.11. The molecule has 0 aliphatic rings. The van der Waals surface area contributed by atoms with Crippen molar-refractivity contribution in [3.63, 3.8) is 0 Å². The van der Waals surface area contributed by atoms with Crippen LogP contribution in [0.3, 0.4) is 0 Å². The smallest absolute Gasteiger partial charge is 0.159 e. The first-order chi connectivity index (χ1) is 6.74. The number of rotatable bonds is 4. The molecule has 0 atom stereocenters. The van der Waals surface area contributed by atoms with Gasteiger partial charge < -0.3 is 0 Å². The minimum absolute atomic E-state index is 0.672. The van der Waals surface area contributed by atoms with Gasteiger partial charge in [-0.15, -0.1) is 0 Å². The van der Waals surface area contributed by atoms with Crippen molar-refractivity contribution in [1.29, 1.82) is 5.26 Å². The predicted octanol–water partition coefficient (Wildman–Crippen LogP) is 3.11. The highest BCUT2D eigenvalue weighted by atomic mass is 32.2. The molecule has 14 heavy (non-hydrogen) atoms. The van der Waals surface area contributed by atoms with Gasteiger partial charge in [-0.25, -0.2) is 8.78 Å². The molecule has 0 unspecified atom stereocenters. The topological polar surface area (TPSA) is 23.8 Å². The summed E-state index contributed by atoms with van der Waals surface area (Å²) in [7, 11) is 0. The van der Waals surface area contributed by atoms with Crippen molar-refractivity contribution in [1.82, 2.24) is 0 Å². The first kappa shape index (κ1) is 11.0. The van der Waals surface area contributed by atoms with Crippen LogP contribution in [0.2, 0.25) is 0 Å². The van der Waals surface area contributed by atoms with Crippen molar-refractivity contribution < 1.29 is 8.78 Å². The van der Waals surface area contributed by atoms with Crippen LogP contribution in [-0.2, 0) is 6.42 Å². The molecule has 0 N–H and O–H groups in total. The lowest BCUT2D eigenvalue weighted by atomic mass is 10.1. The summed E-state index contributed by atoms with van der Waals surface area (Å²) in [6, 6.07) is 3.89. The normalized spacial score (nSPS) is 9.79. The molecule has 1 aromatic carbocycles. The highest BCUT2D eigenvalue weighted by molar-refractivity contribution is 8.03. The SMILES string of the molecule is N#CSCCCc1ccc(F)c(F)c1. The molecule has 0 aromatic heterocycles. The van der Waals surface area contributed by atoms with E-state index in [1.165, 1.54) is 17.8 Å². The van der Waals surface area contributed by atoms with Gasteiger partial charge in [-0.05, 0) is 42.3 Å². The molecular weight excluding hydrogens is 204 g/mol. The van der Waals surface area contributed by atoms with Gasteiger partial charge in [0, 0.05) is 5.75 Å². The van der Waals surface area contributed by atoms with Gasteiger partial charge in [0.05, 0.1) is 0 Å². The van der Waals surface area contributed by atoms with Crippen LogP contribution < -0.4 is 0 Å². The van der Waals surface area contributed by atoms with E-state index in [0.29, 0.717) is 6.42 Å². The van der Waals surface area contributed by atoms with Crippen molar-refractivity contribution in [3.05, 3.63) is 35.4 Å². The molecule has 0 bridgehead atoms. The maximum Gasteiger partial charge on any atom is 0.159 e. The summed E-state index contributed by atoms with van der Waals surface area (Å²) in [4.78, 5) is 0. The van der Waals surface area contributed by atoms with E-state index in [0.717, 1.165) is 23.8 Å². The zero-order valence-corrected chi connectivity index (χ0v) is 8.28. The summed E-state index contributed by atoms with van der Waals surface area (Å²) in [5.41, 5.74) is 0.766. The van der Waals surface area contributed by atoms with Crippen LogP contribution in [0.4, 0.5) is 8.78 Å². The molecule has 0 amide bonds. The lowest BCUT2D eigenvalue weighted by Gasteiger charge is -2.00. The Morgan fingerprint density at radius 2 is 2.07 bits per heavy atom. The lowest BCUT2D eigenvalue weighted by molar-refractivity contribution is 0.507. The van der Waals surface area contributed by atoms with E-state index in [9.17, 15) is 8.78 Å². The summed E-state index contributed by atoms with van der Waals surface area (Å²) >= 11 is 1.17. The molecule has 0 aliphatic carbocycles. The molecule has 0 saturated heterocycles. The third-order valence-electron chi connectivity index (χ3n) is 1.76. The molecule has 0 heterocycles. The second kappa shape index (κ2) is 5.61. The van der Waals surface area contributed by atoms with Crippen molar-refractivity contribution in [2.24, 2.45) is 0 Å². The van der Waals surface area contributed by atoms with Crippen LogP contribution >= 0.6 is 11.8 Å². The van der Waals surface area contributed by atoms with E-state index in [2.05, 4.69) is 0 Å². The maximum atomic E-state index is 12.7. The molecule has 74 valence electrons. The largest absolute Gasteiger partial charge is 0.204 e. The molecule has 1 aromatic rings. The Balaban J connectivity index is 2.44. The summed E-state index contributed by atoms with van der Waals surface area (Å²) < 4.78 is 25.2. The van der Waals surface area contributed by atoms with E-state index < -0.39 is 11.6 Å². The van der Waals surface area contributed by atoms with Gasteiger partial charge in [-0.3, -0.25) is 0 Å². The molecule has 0 radical (unpaired) electrons. The minimum Gasteiger partial charge on any atom is -0.204 e. The average Bonchev–Trinajstić information content (AvgIpc) is 2.18. The zero-order valence-electron chi connectivity index (χ0n) is 7.46. The van der Waals surface area contributed by atoms with Crippen LogP contribution in [0, 0.1) is 22.3 Å². The van der Waals surface area contributed by atoms with E-state index in [1.54, 1.807) is 6.07 Å². The molecule has 1 nitrogen and oxygen atoms in total. The fraction of sp³-hybridized carbons (Fsp3) is 0.300.